The van der Waals surface area contributed by atoms with Gasteiger partial charge in [0.25, 0.3) is 0 Å². The first-order valence-electron chi connectivity index (χ1n) is 10.5. The standard InChI is InChI=1S/C29H22O/c1-19-13-15-21(16-14-19)26-17-22-8-3-5-11-24(22)29-27(26)18-28(30-29)25-12-6-9-20-7-2-4-10-23(20)25/h2-17,28H,18H2,1H3. The highest BCUT2D eigenvalue weighted by atomic mass is 16.5. The zero-order chi connectivity index (χ0) is 20.1. The molecule has 0 aromatic heterocycles. The van der Waals surface area contributed by atoms with Crippen LogP contribution in [0.3, 0.4) is 0 Å². The first-order chi connectivity index (χ1) is 14.8. The van der Waals surface area contributed by atoms with Gasteiger partial charge in [0.2, 0.25) is 0 Å². The zero-order valence-electron chi connectivity index (χ0n) is 16.9. The number of ether oxygens (including phenoxy) is 1. The molecule has 1 heteroatoms. The van der Waals surface area contributed by atoms with Gasteiger partial charge in [-0.1, -0.05) is 96.6 Å². The van der Waals surface area contributed by atoms with Crippen LogP contribution < -0.4 is 4.74 Å². The third-order valence-corrected chi connectivity index (χ3v) is 6.29. The fourth-order valence-electron chi connectivity index (χ4n) is 4.76. The van der Waals surface area contributed by atoms with Gasteiger partial charge in [-0.05, 0) is 40.3 Å². The van der Waals surface area contributed by atoms with Crippen molar-refractivity contribution in [3.05, 3.63) is 114 Å². The van der Waals surface area contributed by atoms with Crippen molar-refractivity contribution in [2.75, 3.05) is 0 Å². The minimum absolute atomic E-state index is 0.0288. The Morgan fingerprint density at radius 3 is 2.23 bits per heavy atom. The predicted molar refractivity (Wildman–Crippen MR) is 125 cm³/mol. The molecule has 0 N–H and O–H groups in total. The van der Waals surface area contributed by atoms with Gasteiger partial charge >= 0.3 is 0 Å². The molecule has 6 rings (SSSR count). The van der Waals surface area contributed by atoms with Gasteiger partial charge in [0, 0.05) is 22.9 Å². The van der Waals surface area contributed by atoms with Gasteiger partial charge in [-0.25, -0.2) is 0 Å². The SMILES string of the molecule is Cc1ccc(-c2cc3ccccc3c3c2CC(c2cccc4ccccc24)O3)cc1. The van der Waals surface area contributed by atoms with Crippen LogP contribution in [0.2, 0.25) is 0 Å². The van der Waals surface area contributed by atoms with E-state index in [4.69, 9.17) is 4.74 Å². The topological polar surface area (TPSA) is 9.23 Å². The van der Waals surface area contributed by atoms with E-state index in [-0.39, 0.29) is 6.10 Å². The summed E-state index contributed by atoms with van der Waals surface area (Å²) in [5.41, 5.74) is 6.40. The lowest BCUT2D eigenvalue weighted by molar-refractivity contribution is 0.243. The van der Waals surface area contributed by atoms with Crippen LogP contribution in [0.15, 0.2) is 97.1 Å². The molecular weight excluding hydrogens is 364 g/mol. The van der Waals surface area contributed by atoms with Crippen molar-refractivity contribution in [1.82, 2.24) is 0 Å². The van der Waals surface area contributed by atoms with E-state index < -0.39 is 0 Å². The van der Waals surface area contributed by atoms with Crippen molar-refractivity contribution in [3.8, 4) is 16.9 Å². The molecule has 0 aliphatic carbocycles. The number of hydrogen-bond acceptors (Lipinski definition) is 1. The third-order valence-electron chi connectivity index (χ3n) is 6.29. The maximum absolute atomic E-state index is 6.70. The van der Waals surface area contributed by atoms with E-state index in [2.05, 4.69) is 104 Å². The maximum atomic E-state index is 6.70. The number of benzene rings is 5. The lowest BCUT2D eigenvalue weighted by Crippen LogP contribution is -2.04. The molecule has 0 saturated carbocycles. The molecule has 0 amide bonds. The molecule has 5 aromatic carbocycles. The summed E-state index contributed by atoms with van der Waals surface area (Å²) in [6, 6.07) is 34.8. The average Bonchev–Trinajstić information content (AvgIpc) is 3.24. The molecule has 0 spiro atoms. The summed E-state index contributed by atoms with van der Waals surface area (Å²) in [6.07, 6.45) is 0.915. The van der Waals surface area contributed by atoms with Crippen molar-refractivity contribution in [3.63, 3.8) is 0 Å². The van der Waals surface area contributed by atoms with Crippen LogP contribution in [0.5, 0.6) is 5.75 Å². The van der Waals surface area contributed by atoms with Gasteiger partial charge in [-0.3, -0.25) is 0 Å². The highest BCUT2D eigenvalue weighted by Crippen LogP contribution is 2.47. The Labute approximate surface area is 176 Å². The monoisotopic (exact) mass is 386 g/mol. The van der Waals surface area contributed by atoms with E-state index in [9.17, 15) is 0 Å². The largest absolute Gasteiger partial charge is 0.484 e. The van der Waals surface area contributed by atoms with Crippen LogP contribution in [-0.2, 0) is 6.42 Å². The minimum Gasteiger partial charge on any atom is -0.484 e. The minimum atomic E-state index is 0.0288. The summed E-state index contributed by atoms with van der Waals surface area (Å²) in [4.78, 5) is 0. The Hall–Kier alpha value is -3.58. The predicted octanol–water partition coefficient (Wildman–Crippen LogP) is 7.64. The Kier molecular flexibility index (Phi) is 3.89. The summed E-state index contributed by atoms with van der Waals surface area (Å²) in [5, 5.41) is 4.97. The molecule has 144 valence electrons. The van der Waals surface area contributed by atoms with Gasteiger partial charge in [0.1, 0.15) is 11.9 Å². The molecule has 0 saturated heterocycles. The van der Waals surface area contributed by atoms with E-state index >= 15 is 0 Å². The van der Waals surface area contributed by atoms with Crippen molar-refractivity contribution >= 4 is 21.5 Å². The molecule has 1 aliphatic heterocycles. The summed E-state index contributed by atoms with van der Waals surface area (Å²) in [7, 11) is 0. The molecule has 1 aliphatic rings. The fourth-order valence-corrected chi connectivity index (χ4v) is 4.76. The second-order valence-corrected chi connectivity index (χ2v) is 8.20. The molecule has 1 unspecified atom stereocenters. The van der Waals surface area contributed by atoms with Crippen LogP contribution in [0, 0.1) is 6.92 Å². The normalized spacial score (nSPS) is 15.3. The van der Waals surface area contributed by atoms with Gasteiger partial charge < -0.3 is 4.74 Å². The number of fused-ring (bicyclic) bond motifs is 4. The van der Waals surface area contributed by atoms with Crippen LogP contribution in [0.25, 0.3) is 32.7 Å². The highest BCUT2D eigenvalue weighted by molar-refractivity contribution is 5.96. The first kappa shape index (κ1) is 17.3. The average molecular weight is 386 g/mol. The molecule has 0 bridgehead atoms. The summed E-state index contributed by atoms with van der Waals surface area (Å²) in [6.45, 7) is 2.13. The van der Waals surface area contributed by atoms with E-state index in [0.717, 1.165) is 12.2 Å². The Balaban J connectivity index is 1.55. The van der Waals surface area contributed by atoms with Gasteiger partial charge in [-0.15, -0.1) is 0 Å². The van der Waals surface area contributed by atoms with Crippen molar-refractivity contribution in [2.24, 2.45) is 0 Å². The van der Waals surface area contributed by atoms with Crippen LogP contribution in [-0.4, -0.2) is 0 Å². The maximum Gasteiger partial charge on any atom is 0.132 e. The third kappa shape index (κ3) is 2.70. The van der Waals surface area contributed by atoms with Gasteiger partial charge in [0.15, 0.2) is 0 Å². The Bertz CT molecular complexity index is 1390. The Morgan fingerprint density at radius 1 is 0.700 bits per heavy atom. The number of rotatable bonds is 2. The molecule has 1 heterocycles. The summed E-state index contributed by atoms with van der Waals surface area (Å²) >= 11 is 0. The quantitative estimate of drug-likeness (QED) is 0.303. The van der Waals surface area contributed by atoms with E-state index in [0.29, 0.717) is 0 Å². The lowest BCUT2D eigenvalue weighted by atomic mass is 9.91. The van der Waals surface area contributed by atoms with Gasteiger partial charge in [0.05, 0.1) is 0 Å². The molecule has 0 fully saturated rings. The molecule has 1 atom stereocenters. The zero-order valence-corrected chi connectivity index (χ0v) is 16.9. The second kappa shape index (κ2) is 6.74. The first-order valence-corrected chi connectivity index (χ1v) is 10.5. The summed E-state index contributed by atoms with van der Waals surface area (Å²) in [5.74, 6) is 1.04. The molecular formula is C29H22O. The molecule has 5 aromatic rings. The second-order valence-electron chi connectivity index (χ2n) is 8.20. The van der Waals surface area contributed by atoms with Crippen LogP contribution in [0.4, 0.5) is 0 Å². The molecule has 30 heavy (non-hydrogen) atoms. The van der Waals surface area contributed by atoms with Crippen LogP contribution in [0.1, 0.15) is 22.8 Å². The van der Waals surface area contributed by atoms with E-state index in [1.807, 2.05) is 0 Å². The van der Waals surface area contributed by atoms with Crippen molar-refractivity contribution in [2.45, 2.75) is 19.4 Å². The van der Waals surface area contributed by atoms with E-state index in [1.165, 1.54) is 49.4 Å². The number of aryl methyl sites for hydroxylation is 1. The fraction of sp³-hybridized carbons (Fsp3) is 0.103. The van der Waals surface area contributed by atoms with Crippen molar-refractivity contribution < 1.29 is 4.74 Å². The molecule has 1 nitrogen and oxygen atoms in total. The smallest absolute Gasteiger partial charge is 0.132 e. The van der Waals surface area contributed by atoms with Crippen LogP contribution >= 0.6 is 0 Å². The highest BCUT2D eigenvalue weighted by Gasteiger charge is 2.30. The van der Waals surface area contributed by atoms with Crippen molar-refractivity contribution in [1.29, 1.82) is 0 Å². The molecule has 0 radical (unpaired) electrons. The number of hydrogen-bond donors (Lipinski definition) is 0. The van der Waals surface area contributed by atoms with Gasteiger partial charge in [-0.2, -0.15) is 0 Å². The Morgan fingerprint density at radius 2 is 1.40 bits per heavy atom. The lowest BCUT2D eigenvalue weighted by Gasteiger charge is -2.14. The summed E-state index contributed by atoms with van der Waals surface area (Å²) < 4.78 is 6.70. The van der Waals surface area contributed by atoms with E-state index in [1.54, 1.807) is 0 Å².